The number of nitrogens with zero attached hydrogens (tertiary/aromatic N) is 1. The van der Waals surface area contributed by atoms with Gasteiger partial charge in [0, 0.05) is 18.7 Å². The predicted molar refractivity (Wildman–Crippen MR) is 121 cm³/mol. The van der Waals surface area contributed by atoms with Gasteiger partial charge in [0.05, 0.1) is 5.56 Å². The first-order chi connectivity index (χ1) is 15.0. The number of likely N-dealkylation sites (tertiary alicyclic amines) is 1. The third kappa shape index (κ3) is 5.87. The molecule has 2 heterocycles. The van der Waals surface area contributed by atoms with Crippen LogP contribution in [0.25, 0.3) is 11.1 Å². The van der Waals surface area contributed by atoms with E-state index in [4.69, 9.17) is 9.98 Å². The minimum Gasteiger partial charge on any atom is -0.406 e. The molecule has 6 nitrogen and oxygen atoms in total. The van der Waals surface area contributed by atoms with Gasteiger partial charge in [0.1, 0.15) is 17.8 Å². The van der Waals surface area contributed by atoms with Crippen LogP contribution in [-0.2, 0) is 0 Å². The molecule has 31 heavy (non-hydrogen) atoms. The van der Waals surface area contributed by atoms with Gasteiger partial charge in [-0.15, -0.1) is 5.48 Å². The average Bonchev–Trinajstić information content (AvgIpc) is 3.40. The van der Waals surface area contributed by atoms with Crippen molar-refractivity contribution >= 4 is 18.0 Å². The normalized spacial score (nSPS) is 16.4. The lowest BCUT2D eigenvalue weighted by Gasteiger charge is -2.21. The minimum atomic E-state index is -0.687. The molecule has 1 fully saturated rings. The molecule has 9 heteroatoms. The van der Waals surface area contributed by atoms with Crippen LogP contribution in [0.5, 0.6) is 5.75 Å². The maximum Gasteiger partial charge on any atom is 0.318 e. The van der Waals surface area contributed by atoms with E-state index < -0.39 is 17.8 Å². The topological polar surface area (TPSA) is 79.6 Å². The number of fused-ring (bicyclic) bond motifs is 1. The van der Waals surface area contributed by atoms with Crippen molar-refractivity contribution in [2.75, 3.05) is 19.3 Å². The summed E-state index contributed by atoms with van der Waals surface area (Å²) in [5.74, 6) is -0.863. The quantitative estimate of drug-likeness (QED) is 0.566. The molecule has 1 atom stereocenters. The molecule has 0 radical (unpaired) electrons. The highest BCUT2D eigenvalue weighted by atomic mass is 32.2. The highest BCUT2D eigenvalue weighted by Crippen LogP contribution is 2.41. The Labute approximate surface area is 186 Å². The van der Waals surface area contributed by atoms with E-state index in [0.29, 0.717) is 30.0 Å². The highest BCUT2D eigenvalue weighted by Gasteiger charge is 2.32. The molecule has 2 amide bonds. The van der Waals surface area contributed by atoms with Crippen molar-refractivity contribution in [1.29, 1.82) is 0 Å². The van der Waals surface area contributed by atoms with E-state index in [1.165, 1.54) is 30.1 Å². The summed E-state index contributed by atoms with van der Waals surface area (Å²) in [5, 5.41) is 7.62. The predicted octanol–water partition coefficient (Wildman–Crippen LogP) is 4.89. The number of amides is 2. The van der Waals surface area contributed by atoms with E-state index in [0.717, 1.165) is 18.4 Å². The Morgan fingerprint density at radius 3 is 2.39 bits per heavy atom. The summed E-state index contributed by atoms with van der Waals surface area (Å²) in [6.07, 6.45) is 3.08. The lowest BCUT2D eigenvalue weighted by Crippen LogP contribution is -2.43. The van der Waals surface area contributed by atoms with Crippen molar-refractivity contribution in [3.8, 4) is 16.9 Å². The summed E-state index contributed by atoms with van der Waals surface area (Å²) in [7, 11) is 0. The first-order valence-electron chi connectivity index (χ1n) is 10.3. The lowest BCUT2D eigenvalue weighted by atomic mass is 9.94. The summed E-state index contributed by atoms with van der Waals surface area (Å²) < 4.78 is 28.7. The maximum atomic E-state index is 14.4. The number of hydroxylamine groups is 1. The maximum absolute atomic E-state index is 14.4. The van der Waals surface area contributed by atoms with Crippen molar-refractivity contribution in [1.82, 2.24) is 15.7 Å². The van der Waals surface area contributed by atoms with Crippen LogP contribution in [0.3, 0.4) is 0 Å². The van der Waals surface area contributed by atoms with Gasteiger partial charge in [0.15, 0.2) is 5.75 Å². The summed E-state index contributed by atoms with van der Waals surface area (Å²) in [5.41, 5.74) is 4.31. The van der Waals surface area contributed by atoms with Crippen molar-refractivity contribution in [2.24, 2.45) is 5.14 Å². The molecule has 4 N–H and O–H groups in total. The van der Waals surface area contributed by atoms with Gasteiger partial charge in [-0.2, -0.15) is 0 Å². The van der Waals surface area contributed by atoms with Crippen LogP contribution in [0.1, 0.15) is 44.0 Å². The molecule has 1 saturated heterocycles. The fourth-order valence-electron chi connectivity index (χ4n) is 3.53. The molecular weight excluding hydrogens is 422 g/mol. The first kappa shape index (κ1) is 24.9. The van der Waals surface area contributed by atoms with Gasteiger partial charge in [-0.3, -0.25) is 5.14 Å². The molecule has 4 rings (SSSR count). The van der Waals surface area contributed by atoms with E-state index >= 15 is 0 Å². The zero-order chi connectivity index (χ0) is 23.0. The molecule has 170 valence electrons. The smallest absolute Gasteiger partial charge is 0.318 e. The van der Waals surface area contributed by atoms with E-state index in [2.05, 4.69) is 10.8 Å². The van der Waals surface area contributed by atoms with Crippen LogP contribution in [0.4, 0.5) is 13.6 Å². The number of nitrogens with two attached hydrogens (primary N) is 1. The Bertz CT molecular complexity index is 872. The molecule has 0 saturated carbocycles. The molecule has 0 aromatic heterocycles. The van der Waals surface area contributed by atoms with Crippen LogP contribution >= 0.6 is 11.9 Å². The fraction of sp³-hybridized carbons (Fsp3) is 0.409. The molecule has 1 unspecified atom stereocenters. The molecule has 2 aromatic carbocycles. The van der Waals surface area contributed by atoms with Gasteiger partial charge in [0.2, 0.25) is 0 Å². The van der Waals surface area contributed by atoms with Gasteiger partial charge in [-0.1, -0.05) is 37.9 Å². The van der Waals surface area contributed by atoms with E-state index in [9.17, 15) is 13.6 Å². The van der Waals surface area contributed by atoms with Gasteiger partial charge < -0.3 is 15.1 Å². The second-order valence-corrected chi connectivity index (χ2v) is 7.32. The summed E-state index contributed by atoms with van der Waals surface area (Å²) in [4.78, 5) is 19.6. The average molecular weight is 453 g/mol. The van der Waals surface area contributed by atoms with Gasteiger partial charge in [-0.05, 0) is 55.3 Å². The third-order valence-electron chi connectivity index (χ3n) is 4.76. The fourth-order valence-corrected chi connectivity index (χ4v) is 3.53. The van der Waals surface area contributed by atoms with Crippen LogP contribution in [0.2, 0.25) is 0 Å². The number of hydrogen-bond acceptors (Lipinski definition) is 5. The molecular formula is C22H30F2N4O2S. The molecule has 0 bridgehead atoms. The number of carbonyl (C=O) groups excluding carboxylic acids is 1. The van der Waals surface area contributed by atoms with Crippen LogP contribution < -0.4 is 20.8 Å². The standard InChI is InChI=1S/C19H19F2N3O2.C2H6.CH5NS/c1-11-9-12(16-13(20)5-4-6-14(16)21)17-15(10-11)26-23-18(17)22-19(25)24-7-2-3-8-24;1-2;1-3-2/h4-6,9-10,18,23H,2-3,7-8H2,1H3,(H,22,25);1-2H3;2H2,1H3. The van der Waals surface area contributed by atoms with Gasteiger partial charge in [0.25, 0.3) is 0 Å². The van der Waals surface area contributed by atoms with Crippen LogP contribution in [0.15, 0.2) is 30.3 Å². The zero-order valence-electron chi connectivity index (χ0n) is 18.3. The van der Waals surface area contributed by atoms with E-state index in [1.54, 1.807) is 17.0 Å². The lowest BCUT2D eigenvalue weighted by molar-refractivity contribution is 0.163. The largest absolute Gasteiger partial charge is 0.406 e. The number of carbonyl (C=O) groups is 1. The van der Waals surface area contributed by atoms with Crippen molar-refractivity contribution in [2.45, 2.75) is 39.8 Å². The number of hydrogen-bond donors (Lipinski definition) is 3. The van der Waals surface area contributed by atoms with Gasteiger partial charge in [-0.25, -0.2) is 13.6 Å². The van der Waals surface area contributed by atoms with E-state index in [-0.39, 0.29) is 11.6 Å². The first-order valence-corrected chi connectivity index (χ1v) is 11.5. The van der Waals surface area contributed by atoms with Crippen molar-refractivity contribution in [3.63, 3.8) is 0 Å². The number of aryl methyl sites for hydroxylation is 1. The number of halogens is 2. The van der Waals surface area contributed by atoms with Crippen molar-refractivity contribution < 1.29 is 18.4 Å². The third-order valence-corrected chi connectivity index (χ3v) is 4.76. The molecule has 2 aliphatic heterocycles. The molecule has 2 aliphatic rings. The Balaban J connectivity index is 0.000000630. The SMILES string of the molecule is CC.CSN.Cc1cc2c(c(-c3c(F)cccc3F)c1)C(NC(=O)N1CCCC1)NO2. The zero-order valence-corrected chi connectivity index (χ0v) is 19.1. The van der Waals surface area contributed by atoms with Crippen LogP contribution in [-0.4, -0.2) is 30.3 Å². The second kappa shape index (κ2) is 11.9. The van der Waals surface area contributed by atoms with Crippen LogP contribution in [0, 0.1) is 18.6 Å². The second-order valence-electron chi connectivity index (χ2n) is 6.85. The number of urea groups is 1. The van der Waals surface area contributed by atoms with Gasteiger partial charge >= 0.3 is 6.03 Å². The van der Waals surface area contributed by atoms with Crippen molar-refractivity contribution in [3.05, 3.63) is 53.1 Å². The molecule has 0 aliphatic carbocycles. The Morgan fingerprint density at radius 2 is 1.81 bits per heavy atom. The summed E-state index contributed by atoms with van der Waals surface area (Å²) in [6.45, 7) is 7.23. The number of rotatable bonds is 2. The Hall–Kier alpha value is -2.36. The highest BCUT2D eigenvalue weighted by molar-refractivity contribution is 7.96. The number of benzene rings is 2. The Morgan fingerprint density at radius 1 is 1.23 bits per heavy atom. The Kier molecular flexibility index (Phi) is 9.54. The number of nitrogens with one attached hydrogen (secondary N) is 2. The minimum absolute atomic E-state index is 0.125. The summed E-state index contributed by atoms with van der Waals surface area (Å²) >= 11 is 1.25. The van der Waals surface area contributed by atoms with E-state index in [1.807, 2.05) is 27.0 Å². The molecule has 2 aromatic rings. The molecule has 0 spiro atoms. The monoisotopic (exact) mass is 452 g/mol. The summed E-state index contributed by atoms with van der Waals surface area (Å²) in [6, 6.07) is 7.00.